The third-order valence-corrected chi connectivity index (χ3v) is 2.82. The molecule has 1 aromatic rings. The van der Waals surface area contributed by atoms with Crippen LogP contribution in [0.1, 0.15) is 31.1 Å². The van der Waals surface area contributed by atoms with E-state index in [2.05, 4.69) is 5.32 Å². The Bertz CT molecular complexity index is 494. The zero-order valence-corrected chi connectivity index (χ0v) is 12.3. The molecular weight excluding hydrogens is 274 g/mol. The van der Waals surface area contributed by atoms with Crippen LogP contribution in [0.4, 0.5) is 0 Å². The summed E-state index contributed by atoms with van der Waals surface area (Å²) in [5.74, 6) is -0.593. The van der Waals surface area contributed by atoms with Crippen LogP contribution in [0, 0.1) is 0 Å². The Kier molecular flexibility index (Phi) is 5.69. The van der Waals surface area contributed by atoms with E-state index in [-0.39, 0.29) is 0 Å². The SMILES string of the molecule is CCOc1ccc(C(=O)N[C@H](C(=O)NO)C(C)(C)N)cc1. The summed E-state index contributed by atoms with van der Waals surface area (Å²) in [6.45, 7) is 5.55. The number of benzene rings is 1. The highest BCUT2D eigenvalue weighted by atomic mass is 16.5. The van der Waals surface area contributed by atoms with Crippen molar-refractivity contribution < 1.29 is 19.5 Å². The van der Waals surface area contributed by atoms with E-state index in [1.165, 1.54) is 5.48 Å². The lowest BCUT2D eigenvalue weighted by Crippen LogP contribution is -2.61. The Morgan fingerprint density at radius 2 is 1.90 bits per heavy atom. The van der Waals surface area contributed by atoms with Crippen molar-refractivity contribution in [2.24, 2.45) is 5.73 Å². The third-order valence-electron chi connectivity index (χ3n) is 2.82. The zero-order valence-electron chi connectivity index (χ0n) is 12.3. The quantitative estimate of drug-likeness (QED) is 0.449. The second-order valence-corrected chi connectivity index (χ2v) is 5.16. The lowest BCUT2D eigenvalue weighted by molar-refractivity contribution is -0.132. The fourth-order valence-electron chi connectivity index (χ4n) is 1.74. The number of amides is 2. The van der Waals surface area contributed by atoms with Crippen molar-refractivity contribution in [3.05, 3.63) is 29.8 Å². The number of carbonyl (C=O) groups excluding carboxylic acids is 2. The first-order valence-electron chi connectivity index (χ1n) is 6.56. The summed E-state index contributed by atoms with van der Waals surface area (Å²) in [6.07, 6.45) is 0. The minimum Gasteiger partial charge on any atom is -0.494 e. The molecule has 5 N–H and O–H groups in total. The van der Waals surface area contributed by atoms with Gasteiger partial charge in [-0.3, -0.25) is 14.8 Å². The first kappa shape index (κ1) is 16.9. The van der Waals surface area contributed by atoms with Crippen LogP contribution in [0.3, 0.4) is 0 Å². The van der Waals surface area contributed by atoms with Gasteiger partial charge in [-0.15, -0.1) is 0 Å². The van der Waals surface area contributed by atoms with Gasteiger partial charge < -0.3 is 15.8 Å². The number of hydrogen-bond acceptors (Lipinski definition) is 5. The molecule has 0 aliphatic heterocycles. The highest BCUT2D eigenvalue weighted by Gasteiger charge is 2.33. The van der Waals surface area contributed by atoms with Crippen LogP contribution in [0.25, 0.3) is 0 Å². The van der Waals surface area contributed by atoms with Crippen molar-refractivity contribution in [2.75, 3.05) is 6.61 Å². The van der Waals surface area contributed by atoms with Gasteiger partial charge in [0.05, 0.1) is 6.61 Å². The van der Waals surface area contributed by atoms with Gasteiger partial charge in [0.2, 0.25) is 0 Å². The Morgan fingerprint density at radius 1 is 1.33 bits per heavy atom. The van der Waals surface area contributed by atoms with Crippen LogP contribution >= 0.6 is 0 Å². The number of rotatable bonds is 6. The molecule has 0 fully saturated rings. The molecule has 7 nitrogen and oxygen atoms in total. The molecule has 0 saturated carbocycles. The van der Waals surface area contributed by atoms with Gasteiger partial charge in [-0.05, 0) is 45.0 Å². The molecule has 0 unspecified atom stereocenters. The van der Waals surface area contributed by atoms with Gasteiger partial charge in [0.25, 0.3) is 11.8 Å². The zero-order chi connectivity index (χ0) is 16.0. The summed E-state index contributed by atoms with van der Waals surface area (Å²) in [7, 11) is 0. The van der Waals surface area contributed by atoms with E-state index in [1.807, 2.05) is 6.92 Å². The van der Waals surface area contributed by atoms with Crippen molar-refractivity contribution in [1.82, 2.24) is 10.8 Å². The Labute approximate surface area is 123 Å². The minimum absolute atomic E-state index is 0.360. The summed E-state index contributed by atoms with van der Waals surface area (Å²) in [5.41, 5.74) is 6.67. The van der Waals surface area contributed by atoms with Crippen LogP contribution in [0.2, 0.25) is 0 Å². The minimum atomic E-state index is -1.07. The maximum atomic E-state index is 12.1. The molecule has 0 aromatic heterocycles. The van der Waals surface area contributed by atoms with Crippen LogP contribution in [0.15, 0.2) is 24.3 Å². The Hall–Kier alpha value is -2.12. The van der Waals surface area contributed by atoms with Gasteiger partial charge in [0.1, 0.15) is 11.8 Å². The van der Waals surface area contributed by atoms with Crippen molar-refractivity contribution in [3.8, 4) is 5.75 Å². The number of nitrogens with one attached hydrogen (secondary N) is 2. The lowest BCUT2D eigenvalue weighted by atomic mass is 9.95. The van der Waals surface area contributed by atoms with E-state index in [0.717, 1.165) is 0 Å². The molecule has 1 atom stereocenters. The lowest BCUT2D eigenvalue weighted by Gasteiger charge is -2.29. The largest absolute Gasteiger partial charge is 0.494 e. The Balaban J connectivity index is 2.84. The molecule has 0 spiro atoms. The monoisotopic (exact) mass is 295 g/mol. The molecule has 1 aromatic carbocycles. The Morgan fingerprint density at radius 3 is 2.33 bits per heavy atom. The average Bonchev–Trinajstić information content (AvgIpc) is 2.43. The molecule has 1 rings (SSSR count). The van der Waals surface area contributed by atoms with E-state index >= 15 is 0 Å². The molecule has 0 radical (unpaired) electrons. The predicted molar refractivity (Wildman–Crippen MR) is 77.1 cm³/mol. The molecule has 0 saturated heterocycles. The molecule has 21 heavy (non-hydrogen) atoms. The number of hydrogen-bond donors (Lipinski definition) is 4. The first-order valence-corrected chi connectivity index (χ1v) is 6.56. The summed E-state index contributed by atoms with van der Waals surface area (Å²) in [4.78, 5) is 23.7. The van der Waals surface area contributed by atoms with Gasteiger partial charge >= 0.3 is 0 Å². The van der Waals surface area contributed by atoms with E-state index in [1.54, 1.807) is 38.1 Å². The number of hydroxylamine groups is 1. The van der Waals surface area contributed by atoms with E-state index in [9.17, 15) is 9.59 Å². The van der Waals surface area contributed by atoms with E-state index in [4.69, 9.17) is 15.7 Å². The summed E-state index contributed by atoms with van der Waals surface area (Å²) < 4.78 is 5.28. The van der Waals surface area contributed by atoms with Crippen LogP contribution in [0.5, 0.6) is 5.75 Å². The van der Waals surface area contributed by atoms with Gasteiger partial charge in [-0.2, -0.15) is 0 Å². The molecule has 0 bridgehead atoms. The van der Waals surface area contributed by atoms with Crippen LogP contribution < -0.4 is 21.3 Å². The number of carbonyl (C=O) groups is 2. The predicted octanol–water partition coefficient (Wildman–Crippen LogP) is 0.426. The highest BCUT2D eigenvalue weighted by Crippen LogP contribution is 2.13. The number of nitrogens with two attached hydrogens (primary N) is 1. The van der Waals surface area contributed by atoms with Crippen molar-refractivity contribution in [3.63, 3.8) is 0 Å². The summed E-state index contributed by atoms with van der Waals surface area (Å²) >= 11 is 0. The second kappa shape index (κ2) is 7.05. The molecule has 0 aliphatic carbocycles. The standard InChI is InChI=1S/C14H21N3O4/c1-4-21-10-7-5-9(6-8-10)12(18)16-11(13(19)17-20)14(2,3)15/h5-8,11,20H,4,15H2,1-3H3,(H,16,18)(H,17,19)/t11-/m1/s1. The van der Waals surface area contributed by atoms with Gasteiger partial charge in [-0.25, -0.2) is 5.48 Å². The van der Waals surface area contributed by atoms with Gasteiger partial charge in [0, 0.05) is 11.1 Å². The van der Waals surface area contributed by atoms with Crippen LogP contribution in [-0.4, -0.2) is 35.2 Å². The van der Waals surface area contributed by atoms with Crippen LogP contribution in [-0.2, 0) is 4.79 Å². The molecule has 7 heteroatoms. The smallest absolute Gasteiger partial charge is 0.267 e. The maximum Gasteiger partial charge on any atom is 0.267 e. The topological polar surface area (TPSA) is 114 Å². The first-order chi connectivity index (χ1) is 9.79. The molecule has 0 aliphatic rings. The van der Waals surface area contributed by atoms with Crippen molar-refractivity contribution in [2.45, 2.75) is 32.4 Å². The summed E-state index contributed by atoms with van der Waals surface area (Å²) in [6, 6.07) is 5.41. The normalized spacial score (nSPS) is 12.4. The third kappa shape index (κ3) is 4.73. The average molecular weight is 295 g/mol. The fourth-order valence-corrected chi connectivity index (χ4v) is 1.74. The second-order valence-electron chi connectivity index (χ2n) is 5.16. The molecule has 2 amide bonds. The number of ether oxygens (including phenoxy) is 1. The van der Waals surface area contributed by atoms with Gasteiger partial charge in [0.15, 0.2) is 0 Å². The fraction of sp³-hybridized carbons (Fsp3) is 0.429. The van der Waals surface area contributed by atoms with Gasteiger partial charge in [-0.1, -0.05) is 0 Å². The molecular formula is C14H21N3O4. The van der Waals surface area contributed by atoms with E-state index < -0.39 is 23.4 Å². The molecule has 116 valence electrons. The summed E-state index contributed by atoms with van der Waals surface area (Å²) in [5, 5.41) is 11.2. The van der Waals surface area contributed by atoms with Crippen molar-refractivity contribution >= 4 is 11.8 Å². The maximum absolute atomic E-state index is 12.1. The highest BCUT2D eigenvalue weighted by molar-refractivity contribution is 5.97. The van der Waals surface area contributed by atoms with Crippen molar-refractivity contribution in [1.29, 1.82) is 0 Å². The van der Waals surface area contributed by atoms with E-state index in [0.29, 0.717) is 17.9 Å². The molecule has 0 heterocycles.